The smallest absolute Gasteiger partial charge is 0.309 e. The summed E-state index contributed by atoms with van der Waals surface area (Å²) in [6, 6.07) is 18.5. The number of benzene rings is 2. The summed E-state index contributed by atoms with van der Waals surface area (Å²) in [5, 5.41) is 8.79. The van der Waals surface area contributed by atoms with Gasteiger partial charge in [0.2, 0.25) is 0 Å². The molecule has 0 aliphatic heterocycles. The van der Waals surface area contributed by atoms with Crippen molar-refractivity contribution in [1.82, 2.24) is 0 Å². The quantitative estimate of drug-likeness (QED) is 0.433. The highest BCUT2D eigenvalue weighted by Crippen LogP contribution is 2.21. The van der Waals surface area contributed by atoms with E-state index in [-0.39, 0.29) is 31.1 Å². The van der Waals surface area contributed by atoms with Gasteiger partial charge in [0.05, 0.1) is 25.7 Å². The Balaban J connectivity index is 1.91. The van der Waals surface area contributed by atoms with E-state index in [1.54, 1.807) is 6.92 Å². The number of nitrogens with two attached hydrogens (primary N) is 1. The van der Waals surface area contributed by atoms with E-state index < -0.39 is 0 Å². The van der Waals surface area contributed by atoms with Gasteiger partial charge in [-0.2, -0.15) is 0 Å². The SMILES string of the molecule is CCOC(=O)[C@H](CCOCCO)C[C@H](N)Cc1ccc(-c2ccccc2)cc1. The molecule has 0 unspecified atom stereocenters. The number of esters is 1. The Morgan fingerprint density at radius 1 is 1.04 bits per heavy atom. The predicted octanol–water partition coefficient (Wildman–Crippen LogP) is 3.19. The van der Waals surface area contributed by atoms with Crippen molar-refractivity contribution in [2.75, 3.05) is 26.4 Å². The van der Waals surface area contributed by atoms with Gasteiger partial charge in [-0.15, -0.1) is 0 Å². The molecule has 0 aliphatic rings. The molecule has 0 saturated carbocycles. The molecule has 0 radical (unpaired) electrons. The zero-order chi connectivity index (χ0) is 20.2. The topological polar surface area (TPSA) is 81.8 Å². The lowest BCUT2D eigenvalue weighted by molar-refractivity contribution is -0.149. The van der Waals surface area contributed by atoms with Crippen LogP contribution in [0.5, 0.6) is 0 Å². The van der Waals surface area contributed by atoms with Crippen LogP contribution in [0.15, 0.2) is 54.6 Å². The molecule has 0 aliphatic carbocycles. The molecule has 5 heteroatoms. The molecular weight excluding hydrogens is 354 g/mol. The van der Waals surface area contributed by atoms with Crippen LogP contribution in [0.1, 0.15) is 25.3 Å². The summed E-state index contributed by atoms with van der Waals surface area (Å²) in [7, 11) is 0. The molecular formula is C23H31NO4. The van der Waals surface area contributed by atoms with E-state index in [1.165, 1.54) is 11.1 Å². The number of aliphatic hydroxyl groups is 1. The summed E-state index contributed by atoms with van der Waals surface area (Å²) < 4.78 is 10.5. The van der Waals surface area contributed by atoms with Gasteiger partial charge in [-0.3, -0.25) is 4.79 Å². The fraction of sp³-hybridized carbons (Fsp3) is 0.435. The molecule has 3 N–H and O–H groups in total. The van der Waals surface area contributed by atoms with Gasteiger partial charge in [-0.25, -0.2) is 0 Å². The lowest BCUT2D eigenvalue weighted by Gasteiger charge is -2.20. The first-order valence-corrected chi connectivity index (χ1v) is 9.89. The van der Waals surface area contributed by atoms with Gasteiger partial charge >= 0.3 is 5.97 Å². The minimum Gasteiger partial charge on any atom is -0.466 e. The highest BCUT2D eigenvalue weighted by Gasteiger charge is 2.22. The lowest BCUT2D eigenvalue weighted by Crippen LogP contribution is -2.31. The Morgan fingerprint density at radius 2 is 1.71 bits per heavy atom. The van der Waals surface area contributed by atoms with E-state index in [1.807, 2.05) is 18.2 Å². The molecule has 0 aromatic heterocycles. The largest absolute Gasteiger partial charge is 0.466 e. The van der Waals surface area contributed by atoms with Crippen molar-refractivity contribution < 1.29 is 19.4 Å². The molecule has 0 amide bonds. The standard InChI is InChI=1S/C23H31NO4/c1-2-28-23(26)21(12-14-27-15-13-25)17-22(24)16-18-8-10-20(11-9-18)19-6-4-3-5-7-19/h3-11,21-22,25H,2,12-17,24H2,1H3/t21-,22-/m1/s1. The highest BCUT2D eigenvalue weighted by atomic mass is 16.5. The molecule has 2 rings (SSSR count). The van der Waals surface area contributed by atoms with Crippen LogP contribution in [-0.2, 0) is 20.7 Å². The van der Waals surface area contributed by atoms with Gasteiger partial charge in [-0.1, -0.05) is 54.6 Å². The second-order valence-electron chi connectivity index (χ2n) is 6.84. The summed E-state index contributed by atoms with van der Waals surface area (Å²) in [6.45, 7) is 2.80. The second kappa shape index (κ2) is 12.3. The third-order valence-corrected chi connectivity index (χ3v) is 4.61. The first kappa shape index (κ1) is 22.1. The van der Waals surface area contributed by atoms with Crippen LogP contribution in [0.4, 0.5) is 0 Å². The summed E-state index contributed by atoms with van der Waals surface area (Å²) in [4.78, 5) is 12.2. The minimum absolute atomic E-state index is 0.0252. The molecule has 5 nitrogen and oxygen atoms in total. The molecule has 2 atom stereocenters. The van der Waals surface area contributed by atoms with E-state index in [4.69, 9.17) is 20.3 Å². The van der Waals surface area contributed by atoms with Crippen LogP contribution in [0.2, 0.25) is 0 Å². The normalized spacial score (nSPS) is 13.1. The van der Waals surface area contributed by atoms with Crippen molar-refractivity contribution in [2.45, 2.75) is 32.2 Å². The first-order chi connectivity index (χ1) is 13.6. The number of rotatable bonds is 12. The fourth-order valence-corrected chi connectivity index (χ4v) is 3.20. The lowest BCUT2D eigenvalue weighted by atomic mass is 9.93. The van der Waals surface area contributed by atoms with Crippen LogP contribution in [-0.4, -0.2) is 43.5 Å². The van der Waals surface area contributed by atoms with Gasteiger partial charge in [0, 0.05) is 12.6 Å². The number of hydrogen-bond acceptors (Lipinski definition) is 5. The zero-order valence-corrected chi connectivity index (χ0v) is 16.5. The molecule has 2 aromatic carbocycles. The van der Waals surface area contributed by atoms with Crippen molar-refractivity contribution >= 4 is 5.97 Å². The average molecular weight is 386 g/mol. The third-order valence-electron chi connectivity index (χ3n) is 4.61. The maximum absolute atomic E-state index is 12.2. The van der Waals surface area contributed by atoms with Crippen molar-refractivity contribution in [1.29, 1.82) is 0 Å². The second-order valence-corrected chi connectivity index (χ2v) is 6.84. The molecule has 2 aromatic rings. The van der Waals surface area contributed by atoms with E-state index >= 15 is 0 Å². The van der Waals surface area contributed by atoms with Gasteiger partial charge in [0.1, 0.15) is 0 Å². The van der Waals surface area contributed by atoms with E-state index in [0.717, 1.165) is 5.56 Å². The van der Waals surface area contributed by atoms with Crippen LogP contribution < -0.4 is 5.73 Å². The number of ether oxygens (including phenoxy) is 2. The third kappa shape index (κ3) is 7.43. The van der Waals surface area contributed by atoms with Crippen LogP contribution >= 0.6 is 0 Å². The Labute approximate surface area is 167 Å². The molecule has 0 spiro atoms. The Bertz CT molecular complexity index is 688. The van der Waals surface area contributed by atoms with Crippen LogP contribution in [0.3, 0.4) is 0 Å². The molecule has 0 fully saturated rings. The van der Waals surface area contributed by atoms with Gasteiger partial charge in [0.25, 0.3) is 0 Å². The summed E-state index contributed by atoms with van der Waals surface area (Å²) in [5.74, 6) is -0.526. The summed E-state index contributed by atoms with van der Waals surface area (Å²) in [6.07, 6.45) is 1.78. The fourth-order valence-electron chi connectivity index (χ4n) is 3.20. The van der Waals surface area contributed by atoms with E-state index in [2.05, 4.69) is 36.4 Å². The van der Waals surface area contributed by atoms with Crippen molar-refractivity contribution in [3.63, 3.8) is 0 Å². The van der Waals surface area contributed by atoms with Crippen molar-refractivity contribution in [3.05, 3.63) is 60.2 Å². The zero-order valence-electron chi connectivity index (χ0n) is 16.5. The maximum atomic E-state index is 12.2. The molecule has 0 heterocycles. The Morgan fingerprint density at radius 3 is 2.36 bits per heavy atom. The average Bonchev–Trinajstić information content (AvgIpc) is 2.71. The predicted molar refractivity (Wildman–Crippen MR) is 111 cm³/mol. The summed E-state index contributed by atoms with van der Waals surface area (Å²) >= 11 is 0. The van der Waals surface area contributed by atoms with Gasteiger partial charge in [-0.05, 0) is 42.9 Å². The van der Waals surface area contributed by atoms with Crippen molar-refractivity contribution in [3.8, 4) is 11.1 Å². The monoisotopic (exact) mass is 385 g/mol. The molecule has 28 heavy (non-hydrogen) atoms. The minimum atomic E-state index is -0.294. The first-order valence-electron chi connectivity index (χ1n) is 9.89. The molecule has 0 saturated heterocycles. The molecule has 152 valence electrons. The Kier molecular flexibility index (Phi) is 9.69. The molecule has 0 bridgehead atoms. The number of carbonyl (C=O) groups is 1. The number of hydrogen-bond donors (Lipinski definition) is 2. The van der Waals surface area contributed by atoms with Gasteiger partial charge < -0.3 is 20.3 Å². The van der Waals surface area contributed by atoms with Crippen LogP contribution in [0.25, 0.3) is 11.1 Å². The number of carbonyl (C=O) groups excluding carboxylic acids is 1. The van der Waals surface area contributed by atoms with Crippen LogP contribution in [0, 0.1) is 5.92 Å². The van der Waals surface area contributed by atoms with Gasteiger partial charge in [0.15, 0.2) is 0 Å². The maximum Gasteiger partial charge on any atom is 0.309 e. The number of aliphatic hydroxyl groups excluding tert-OH is 1. The highest BCUT2D eigenvalue weighted by molar-refractivity contribution is 5.72. The van der Waals surface area contributed by atoms with E-state index in [9.17, 15) is 4.79 Å². The van der Waals surface area contributed by atoms with Crippen molar-refractivity contribution in [2.24, 2.45) is 11.7 Å². The van der Waals surface area contributed by atoms with E-state index in [0.29, 0.717) is 32.5 Å². The summed E-state index contributed by atoms with van der Waals surface area (Å²) in [5.41, 5.74) is 9.83. The Hall–Kier alpha value is -2.21.